The molecule has 0 aliphatic carbocycles. The van der Waals surface area contributed by atoms with Crippen molar-refractivity contribution in [3.8, 4) is 28.6 Å². The van der Waals surface area contributed by atoms with Gasteiger partial charge in [0.05, 0.1) is 32.5 Å². The minimum absolute atomic E-state index is 0.235. The molecular formula is C24H21F3N6O3. The van der Waals surface area contributed by atoms with Crippen LogP contribution in [-0.4, -0.2) is 41.3 Å². The molecule has 0 saturated heterocycles. The highest BCUT2D eigenvalue weighted by molar-refractivity contribution is 5.75. The van der Waals surface area contributed by atoms with E-state index in [4.69, 9.17) is 14.2 Å². The zero-order valence-corrected chi connectivity index (χ0v) is 19.4. The van der Waals surface area contributed by atoms with Crippen LogP contribution in [0.1, 0.15) is 5.56 Å². The second-order valence-electron chi connectivity index (χ2n) is 7.27. The Kier molecular flexibility index (Phi) is 7.04. The molecule has 2 aromatic heterocycles. The van der Waals surface area contributed by atoms with E-state index in [1.165, 1.54) is 39.8 Å². The van der Waals surface area contributed by atoms with E-state index >= 15 is 0 Å². The number of anilines is 4. The zero-order valence-electron chi connectivity index (χ0n) is 19.4. The number of alkyl halides is 3. The second-order valence-corrected chi connectivity index (χ2v) is 7.27. The number of rotatable bonds is 8. The summed E-state index contributed by atoms with van der Waals surface area (Å²) in [5.41, 5.74) is 0.783. The van der Waals surface area contributed by atoms with Crippen LogP contribution in [0.3, 0.4) is 0 Å². The first-order valence-electron chi connectivity index (χ1n) is 10.5. The maximum Gasteiger partial charge on any atom is 0.416 e. The summed E-state index contributed by atoms with van der Waals surface area (Å²) in [6.45, 7) is 0. The Labute approximate surface area is 204 Å². The van der Waals surface area contributed by atoms with Crippen LogP contribution in [0.2, 0.25) is 0 Å². The summed E-state index contributed by atoms with van der Waals surface area (Å²) in [7, 11) is 4.53. The molecule has 0 spiro atoms. The van der Waals surface area contributed by atoms with E-state index in [0.29, 0.717) is 45.8 Å². The van der Waals surface area contributed by atoms with Gasteiger partial charge in [-0.05, 0) is 36.4 Å². The molecule has 0 fully saturated rings. The first kappa shape index (κ1) is 24.5. The van der Waals surface area contributed by atoms with Gasteiger partial charge < -0.3 is 24.8 Å². The van der Waals surface area contributed by atoms with Crippen molar-refractivity contribution in [2.45, 2.75) is 6.18 Å². The highest BCUT2D eigenvalue weighted by atomic mass is 19.4. The number of methoxy groups -OCH3 is 3. The minimum Gasteiger partial charge on any atom is -0.493 e. The third-order valence-electron chi connectivity index (χ3n) is 5.02. The van der Waals surface area contributed by atoms with Crippen molar-refractivity contribution in [1.29, 1.82) is 0 Å². The van der Waals surface area contributed by atoms with E-state index in [-0.39, 0.29) is 5.95 Å². The number of pyridine rings is 1. The van der Waals surface area contributed by atoms with E-state index in [0.717, 1.165) is 12.1 Å². The Bertz CT molecular complexity index is 1320. The highest BCUT2D eigenvalue weighted by Gasteiger charge is 2.30. The third kappa shape index (κ3) is 5.37. The van der Waals surface area contributed by atoms with E-state index in [2.05, 4.69) is 30.6 Å². The summed E-state index contributed by atoms with van der Waals surface area (Å²) < 4.78 is 54.7. The SMILES string of the molecule is COc1cc(Nc2ncnc(-c3cccnc3Nc3ccc(C(F)(F)F)cc3)n2)cc(OC)c1OC. The maximum absolute atomic E-state index is 12.9. The Morgan fingerprint density at radius 1 is 0.778 bits per heavy atom. The molecule has 0 bridgehead atoms. The second kappa shape index (κ2) is 10.3. The van der Waals surface area contributed by atoms with Crippen molar-refractivity contribution in [2.24, 2.45) is 0 Å². The van der Waals surface area contributed by atoms with Gasteiger partial charge in [-0.15, -0.1) is 0 Å². The summed E-state index contributed by atoms with van der Waals surface area (Å²) in [6, 6.07) is 11.5. The number of nitrogens with zero attached hydrogens (tertiary/aromatic N) is 4. The van der Waals surface area contributed by atoms with Crippen LogP contribution in [0, 0.1) is 0 Å². The first-order chi connectivity index (χ1) is 17.3. The van der Waals surface area contributed by atoms with Gasteiger partial charge in [-0.1, -0.05) is 0 Å². The number of hydrogen-bond donors (Lipinski definition) is 2. The minimum atomic E-state index is -4.42. The molecule has 186 valence electrons. The summed E-state index contributed by atoms with van der Waals surface area (Å²) in [5, 5.41) is 6.09. The molecule has 0 unspecified atom stereocenters. The zero-order chi connectivity index (χ0) is 25.7. The van der Waals surface area contributed by atoms with Crippen molar-refractivity contribution >= 4 is 23.1 Å². The van der Waals surface area contributed by atoms with Crippen molar-refractivity contribution in [2.75, 3.05) is 32.0 Å². The number of halogens is 3. The van der Waals surface area contributed by atoms with Crippen molar-refractivity contribution < 1.29 is 27.4 Å². The lowest BCUT2D eigenvalue weighted by atomic mass is 10.2. The average molecular weight is 498 g/mol. The summed E-state index contributed by atoms with van der Waals surface area (Å²) in [5.74, 6) is 2.23. The molecule has 36 heavy (non-hydrogen) atoms. The molecule has 0 saturated carbocycles. The standard InChI is InChI=1S/C24H21F3N6O3/c1-34-18-11-16(12-19(35-2)20(18)36-3)32-23-30-13-29-22(33-23)17-5-4-10-28-21(17)31-15-8-6-14(7-9-15)24(25,26)27/h4-13H,1-3H3,(H,28,31)(H,29,30,32,33). The number of aromatic nitrogens is 4. The Balaban J connectivity index is 1.61. The van der Waals surface area contributed by atoms with E-state index in [1.54, 1.807) is 30.5 Å². The quantitative estimate of drug-likeness (QED) is 0.327. The fourth-order valence-corrected chi connectivity index (χ4v) is 3.33. The maximum atomic E-state index is 12.9. The Morgan fingerprint density at radius 3 is 2.08 bits per heavy atom. The Hall–Kier alpha value is -4.61. The topological polar surface area (TPSA) is 103 Å². The lowest BCUT2D eigenvalue weighted by molar-refractivity contribution is -0.137. The summed E-state index contributed by atoms with van der Waals surface area (Å²) in [6.07, 6.45) is -1.54. The molecule has 0 aliphatic rings. The van der Waals surface area contributed by atoms with Gasteiger partial charge in [0, 0.05) is 29.7 Å². The molecule has 4 rings (SSSR count). The van der Waals surface area contributed by atoms with Crippen molar-refractivity contribution in [1.82, 2.24) is 19.9 Å². The van der Waals surface area contributed by atoms with Crippen LogP contribution in [-0.2, 0) is 6.18 Å². The molecule has 4 aromatic rings. The number of nitrogens with one attached hydrogen (secondary N) is 2. The molecule has 2 aromatic carbocycles. The van der Waals surface area contributed by atoms with E-state index in [1.807, 2.05) is 0 Å². The molecule has 0 radical (unpaired) electrons. The predicted octanol–water partition coefficient (Wildman–Crippen LogP) is 5.47. The van der Waals surface area contributed by atoms with Gasteiger partial charge in [-0.2, -0.15) is 18.2 Å². The van der Waals surface area contributed by atoms with Crippen LogP contribution in [0.25, 0.3) is 11.4 Å². The fraction of sp³-hybridized carbons (Fsp3) is 0.167. The summed E-state index contributed by atoms with van der Waals surface area (Å²) in [4.78, 5) is 17.2. The predicted molar refractivity (Wildman–Crippen MR) is 127 cm³/mol. The first-order valence-corrected chi connectivity index (χ1v) is 10.5. The number of ether oxygens (including phenoxy) is 3. The average Bonchev–Trinajstić information content (AvgIpc) is 2.88. The largest absolute Gasteiger partial charge is 0.493 e. The highest BCUT2D eigenvalue weighted by Crippen LogP contribution is 2.40. The molecule has 9 nitrogen and oxygen atoms in total. The van der Waals surface area contributed by atoms with Gasteiger partial charge in [0.15, 0.2) is 17.3 Å². The van der Waals surface area contributed by atoms with Crippen LogP contribution in [0.5, 0.6) is 17.2 Å². The van der Waals surface area contributed by atoms with Crippen LogP contribution >= 0.6 is 0 Å². The molecule has 12 heteroatoms. The van der Waals surface area contributed by atoms with E-state index in [9.17, 15) is 13.2 Å². The van der Waals surface area contributed by atoms with Gasteiger partial charge in [0.25, 0.3) is 0 Å². The number of benzene rings is 2. The van der Waals surface area contributed by atoms with Gasteiger partial charge in [0.1, 0.15) is 12.1 Å². The molecule has 0 aliphatic heterocycles. The van der Waals surface area contributed by atoms with Gasteiger partial charge >= 0.3 is 6.18 Å². The van der Waals surface area contributed by atoms with Crippen LogP contribution in [0.4, 0.5) is 36.3 Å². The van der Waals surface area contributed by atoms with E-state index < -0.39 is 11.7 Å². The molecule has 2 N–H and O–H groups in total. The Morgan fingerprint density at radius 2 is 1.47 bits per heavy atom. The van der Waals surface area contributed by atoms with Gasteiger partial charge in [0.2, 0.25) is 11.7 Å². The summed E-state index contributed by atoms with van der Waals surface area (Å²) >= 11 is 0. The molecule has 2 heterocycles. The monoisotopic (exact) mass is 498 g/mol. The van der Waals surface area contributed by atoms with Crippen LogP contribution < -0.4 is 24.8 Å². The van der Waals surface area contributed by atoms with Crippen molar-refractivity contribution in [3.05, 3.63) is 66.6 Å². The third-order valence-corrected chi connectivity index (χ3v) is 5.02. The molecule has 0 atom stereocenters. The molecule has 0 amide bonds. The van der Waals surface area contributed by atoms with Gasteiger partial charge in [-0.3, -0.25) is 0 Å². The lowest BCUT2D eigenvalue weighted by Crippen LogP contribution is -2.05. The number of hydrogen-bond acceptors (Lipinski definition) is 9. The smallest absolute Gasteiger partial charge is 0.416 e. The fourth-order valence-electron chi connectivity index (χ4n) is 3.33. The molecular weight excluding hydrogens is 477 g/mol. The normalized spacial score (nSPS) is 11.1. The van der Waals surface area contributed by atoms with Crippen molar-refractivity contribution in [3.63, 3.8) is 0 Å². The van der Waals surface area contributed by atoms with Gasteiger partial charge in [-0.25, -0.2) is 15.0 Å². The van der Waals surface area contributed by atoms with Crippen LogP contribution in [0.15, 0.2) is 61.1 Å². The lowest BCUT2D eigenvalue weighted by Gasteiger charge is -2.15.